The SMILES string of the molecule is Cc1cc(N/N=C\c2ccc(O)c(C)c2O)nc(-c2ccccc2O)n1. The highest BCUT2D eigenvalue weighted by Gasteiger charge is 2.09. The number of benzene rings is 2. The third-order valence-corrected chi connectivity index (χ3v) is 3.82. The summed E-state index contributed by atoms with van der Waals surface area (Å²) in [5.41, 5.74) is 4.86. The summed E-state index contributed by atoms with van der Waals surface area (Å²) >= 11 is 0. The number of phenols is 3. The number of aromatic nitrogens is 2. The molecular weight excluding hydrogens is 332 g/mol. The number of anilines is 1. The molecule has 0 aliphatic carbocycles. The van der Waals surface area contributed by atoms with Crippen molar-refractivity contribution in [2.75, 3.05) is 5.43 Å². The van der Waals surface area contributed by atoms with Crippen LogP contribution >= 0.6 is 0 Å². The Bertz CT molecular complexity index is 987. The van der Waals surface area contributed by atoms with Crippen LogP contribution in [0.1, 0.15) is 16.8 Å². The van der Waals surface area contributed by atoms with Crippen LogP contribution in [0.5, 0.6) is 17.2 Å². The number of aromatic hydroxyl groups is 3. The Morgan fingerprint density at radius 1 is 0.962 bits per heavy atom. The molecule has 3 aromatic rings. The minimum atomic E-state index is -0.0377. The van der Waals surface area contributed by atoms with Gasteiger partial charge in [-0.3, -0.25) is 5.43 Å². The maximum atomic E-state index is 10.0. The van der Waals surface area contributed by atoms with Gasteiger partial charge >= 0.3 is 0 Å². The van der Waals surface area contributed by atoms with Crippen LogP contribution in [-0.2, 0) is 0 Å². The van der Waals surface area contributed by atoms with Crippen LogP contribution in [-0.4, -0.2) is 31.5 Å². The highest BCUT2D eigenvalue weighted by molar-refractivity contribution is 5.85. The van der Waals surface area contributed by atoms with E-state index in [9.17, 15) is 15.3 Å². The Morgan fingerprint density at radius 3 is 2.50 bits per heavy atom. The molecule has 2 aromatic carbocycles. The summed E-state index contributed by atoms with van der Waals surface area (Å²) in [6.07, 6.45) is 1.43. The van der Waals surface area contributed by atoms with Crippen LogP contribution in [0.3, 0.4) is 0 Å². The van der Waals surface area contributed by atoms with Crippen molar-refractivity contribution in [1.29, 1.82) is 0 Å². The van der Waals surface area contributed by atoms with Crippen LogP contribution in [0.2, 0.25) is 0 Å². The van der Waals surface area contributed by atoms with Gasteiger partial charge < -0.3 is 15.3 Å². The quantitative estimate of drug-likeness (QED) is 0.424. The molecule has 0 radical (unpaired) electrons. The maximum absolute atomic E-state index is 10.0. The fraction of sp³-hybridized carbons (Fsp3) is 0.105. The second-order valence-corrected chi connectivity index (χ2v) is 5.75. The lowest BCUT2D eigenvalue weighted by Crippen LogP contribution is -1.99. The highest BCUT2D eigenvalue weighted by atomic mass is 16.3. The maximum Gasteiger partial charge on any atom is 0.165 e. The number of hydrogen-bond acceptors (Lipinski definition) is 7. The first-order valence-electron chi connectivity index (χ1n) is 7.90. The minimum absolute atomic E-state index is 0.0198. The molecule has 0 fully saturated rings. The molecule has 1 aromatic heterocycles. The number of aryl methyl sites for hydroxylation is 1. The number of hydrazone groups is 1. The van der Waals surface area contributed by atoms with E-state index in [2.05, 4.69) is 20.5 Å². The summed E-state index contributed by atoms with van der Waals surface area (Å²) in [6.45, 7) is 3.43. The molecule has 3 rings (SSSR count). The molecule has 0 aliphatic rings. The second-order valence-electron chi connectivity index (χ2n) is 5.75. The average molecular weight is 350 g/mol. The van der Waals surface area contributed by atoms with Gasteiger partial charge in [0.25, 0.3) is 0 Å². The van der Waals surface area contributed by atoms with E-state index in [1.165, 1.54) is 12.3 Å². The number of rotatable bonds is 4. The zero-order valence-corrected chi connectivity index (χ0v) is 14.3. The Balaban J connectivity index is 1.85. The van der Waals surface area contributed by atoms with Crippen molar-refractivity contribution in [1.82, 2.24) is 9.97 Å². The molecule has 0 aliphatic heterocycles. The van der Waals surface area contributed by atoms with E-state index in [4.69, 9.17) is 0 Å². The number of nitrogens with one attached hydrogen (secondary N) is 1. The zero-order chi connectivity index (χ0) is 18.7. The predicted octanol–water partition coefficient (Wildman–Crippen LogP) is 3.32. The van der Waals surface area contributed by atoms with E-state index >= 15 is 0 Å². The van der Waals surface area contributed by atoms with Crippen molar-refractivity contribution in [3.63, 3.8) is 0 Å². The van der Waals surface area contributed by atoms with Crippen molar-refractivity contribution >= 4 is 12.0 Å². The topological polar surface area (TPSA) is 111 Å². The standard InChI is InChI=1S/C19H18N4O3/c1-11-9-17(22-19(21-11)14-5-3-4-6-16(14)25)23-20-10-13-7-8-15(24)12(2)18(13)26/h3-10,24-26H,1-2H3,(H,21,22,23)/b20-10-. The summed E-state index contributed by atoms with van der Waals surface area (Å²) in [7, 11) is 0. The Morgan fingerprint density at radius 2 is 1.73 bits per heavy atom. The molecule has 0 atom stereocenters. The molecule has 1 heterocycles. The van der Waals surface area contributed by atoms with Gasteiger partial charge in [-0.05, 0) is 38.1 Å². The van der Waals surface area contributed by atoms with Crippen LogP contribution in [0.4, 0.5) is 5.82 Å². The molecule has 0 saturated heterocycles. The van der Waals surface area contributed by atoms with Gasteiger partial charge in [0.15, 0.2) is 11.6 Å². The largest absolute Gasteiger partial charge is 0.508 e. The number of para-hydroxylation sites is 1. The first kappa shape index (κ1) is 17.2. The number of phenolic OH excluding ortho intramolecular Hbond substituents is 3. The Hall–Kier alpha value is -3.61. The lowest BCUT2D eigenvalue weighted by molar-refractivity contribution is 0.442. The van der Waals surface area contributed by atoms with Gasteiger partial charge in [-0.15, -0.1) is 0 Å². The zero-order valence-electron chi connectivity index (χ0n) is 14.3. The van der Waals surface area contributed by atoms with E-state index in [0.29, 0.717) is 34.0 Å². The van der Waals surface area contributed by atoms with Crippen molar-refractivity contribution in [3.8, 4) is 28.6 Å². The lowest BCUT2D eigenvalue weighted by atomic mass is 10.1. The molecule has 0 bridgehead atoms. The monoisotopic (exact) mass is 350 g/mol. The highest BCUT2D eigenvalue weighted by Crippen LogP contribution is 2.29. The number of nitrogens with zero attached hydrogens (tertiary/aromatic N) is 3. The van der Waals surface area contributed by atoms with Gasteiger partial charge in [0.05, 0.1) is 11.8 Å². The van der Waals surface area contributed by atoms with Crippen molar-refractivity contribution in [2.45, 2.75) is 13.8 Å². The normalized spacial score (nSPS) is 11.0. The molecule has 0 amide bonds. The first-order valence-corrected chi connectivity index (χ1v) is 7.90. The molecule has 26 heavy (non-hydrogen) atoms. The molecule has 4 N–H and O–H groups in total. The van der Waals surface area contributed by atoms with Crippen LogP contribution < -0.4 is 5.43 Å². The van der Waals surface area contributed by atoms with Gasteiger partial charge in [-0.25, -0.2) is 9.97 Å². The van der Waals surface area contributed by atoms with Gasteiger partial charge in [0, 0.05) is 22.9 Å². The van der Waals surface area contributed by atoms with Crippen molar-refractivity contribution in [3.05, 3.63) is 59.3 Å². The fourth-order valence-electron chi connectivity index (χ4n) is 2.39. The lowest BCUT2D eigenvalue weighted by Gasteiger charge is -2.07. The number of hydrogen-bond donors (Lipinski definition) is 4. The van der Waals surface area contributed by atoms with Crippen molar-refractivity contribution < 1.29 is 15.3 Å². The molecule has 0 unspecified atom stereocenters. The summed E-state index contributed by atoms with van der Waals surface area (Å²) in [4.78, 5) is 8.69. The van der Waals surface area contributed by atoms with Crippen LogP contribution in [0.15, 0.2) is 47.6 Å². The summed E-state index contributed by atoms with van der Waals surface area (Å²) < 4.78 is 0. The third-order valence-electron chi connectivity index (χ3n) is 3.82. The van der Waals surface area contributed by atoms with E-state index in [0.717, 1.165) is 0 Å². The molecule has 132 valence electrons. The minimum Gasteiger partial charge on any atom is -0.508 e. The molecule has 7 nitrogen and oxygen atoms in total. The summed E-state index contributed by atoms with van der Waals surface area (Å²) in [6, 6.07) is 11.6. The van der Waals surface area contributed by atoms with E-state index in [1.807, 2.05) is 6.92 Å². The molecular formula is C19H18N4O3. The van der Waals surface area contributed by atoms with E-state index in [-0.39, 0.29) is 17.2 Å². The van der Waals surface area contributed by atoms with Gasteiger partial charge in [-0.2, -0.15) is 5.10 Å². The van der Waals surface area contributed by atoms with Crippen molar-refractivity contribution in [2.24, 2.45) is 5.10 Å². The fourth-order valence-corrected chi connectivity index (χ4v) is 2.39. The first-order chi connectivity index (χ1) is 12.5. The van der Waals surface area contributed by atoms with Gasteiger partial charge in [0.2, 0.25) is 0 Å². The van der Waals surface area contributed by atoms with E-state index in [1.54, 1.807) is 43.3 Å². The van der Waals surface area contributed by atoms with Gasteiger partial charge in [-0.1, -0.05) is 12.1 Å². The molecule has 7 heteroatoms. The third kappa shape index (κ3) is 3.56. The molecule has 0 spiro atoms. The summed E-state index contributed by atoms with van der Waals surface area (Å²) in [5, 5.41) is 33.6. The Labute approximate surface area is 150 Å². The average Bonchev–Trinajstić information content (AvgIpc) is 2.61. The smallest absolute Gasteiger partial charge is 0.165 e. The predicted molar refractivity (Wildman–Crippen MR) is 99.6 cm³/mol. The molecule has 0 saturated carbocycles. The van der Waals surface area contributed by atoms with E-state index < -0.39 is 0 Å². The van der Waals surface area contributed by atoms with Crippen LogP contribution in [0.25, 0.3) is 11.4 Å². The Kier molecular flexibility index (Phi) is 4.70. The van der Waals surface area contributed by atoms with Gasteiger partial charge in [0.1, 0.15) is 17.2 Å². The second kappa shape index (κ2) is 7.10. The van der Waals surface area contributed by atoms with Crippen LogP contribution in [0, 0.1) is 13.8 Å². The summed E-state index contributed by atoms with van der Waals surface area (Å²) in [5.74, 6) is 0.902.